The van der Waals surface area contributed by atoms with Crippen molar-refractivity contribution in [1.82, 2.24) is 20.0 Å². The summed E-state index contributed by atoms with van der Waals surface area (Å²) in [4.78, 5) is 4.62. The van der Waals surface area contributed by atoms with Crippen molar-refractivity contribution in [1.29, 1.82) is 0 Å². The molecule has 0 aliphatic heterocycles. The second-order valence-corrected chi connectivity index (χ2v) is 5.76. The maximum atomic E-state index is 4.62. The van der Waals surface area contributed by atoms with Gasteiger partial charge in [-0.25, -0.2) is 4.68 Å². The number of nitrogens with zero attached hydrogens (tertiary/aromatic N) is 4. The van der Waals surface area contributed by atoms with Crippen LogP contribution in [-0.4, -0.2) is 20.0 Å². The number of aromatic nitrogens is 4. The van der Waals surface area contributed by atoms with Crippen LogP contribution in [0, 0.1) is 6.92 Å². The fraction of sp³-hybridized carbons (Fsp3) is 0.0625. The van der Waals surface area contributed by atoms with Crippen molar-refractivity contribution >= 4 is 37.9 Å². The zero-order chi connectivity index (χ0) is 14.4. The number of hydrogen-bond acceptors (Lipinski definition) is 3. The Hall–Kier alpha value is -2.27. The van der Waals surface area contributed by atoms with E-state index in [9.17, 15) is 0 Å². The summed E-state index contributed by atoms with van der Waals surface area (Å²) in [7, 11) is 0. The fourth-order valence-electron chi connectivity index (χ4n) is 2.54. The highest BCUT2D eigenvalue weighted by molar-refractivity contribution is 9.10. The molecule has 0 aliphatic carbocycles. The molecule has 0 amide bonds. The Morgan fingerprint density at radius 2 is 1.90 bits per heavy atom. The standard InChI is InChI=1S/C16H11BrN4/c1-10-9-15(11-5-4-6-12(17)16(11)18-10)21-14-8-3-2-7-13(14)19-20-21/h2-9H,1H3. The summed E-state index contributed by atoms with van der Waals surface area (Å²) in [6, 6.07) is 16.0. The quantitative estimate of drug-likeness (QED) is 0.526. The van der Waals surface area contributed by atoms with E-state index in [0.29, 0.717) is 0 Å². The van der Waals surface area contributed by atoms with Gasteiger partial charge in [0.2, 0.25) is 0 Å². The Labute approximate surface area is 129 Å². The Bertz CT molecular complexity index is 975. The van der Waals surface area contributed by atoms with Gasteiger partial charge >= 0.3 is 0 Å². The predicted molar refractivity (Wildman–Crippen MR) is 86.6 cm³/mol. The summed E-state index contributed by atoms with van der Waals surface area (Å²) in [6.07, 6.45) is 0. The molecule has 0 N–H and O–H groups in total. The van der Waals surface area contributed by atoms with Crippen LogP contribution in [0.15, 0.2) is 53.0 Å². The molecule has 21 heavy (non-hydrogen) atoms. The third-order valence-electron chi connectivity index (χ3n) is 3.48. The molecule has 4 rings (SSSR count). The van der Waals surface area contributed by atoms with Crippen LogP contribution in [-0.2, 0) is 0 Å². The minimum absolute atomic E-state index is 0.884. The molecule has 0 aliphatic rings. The molecule has 2 heterocycles. The van der Waals surface area contributed by atoms with E-state index in [0.717, 1.165) is 37.8 Å². The van der Waals surface area contributed by atoms with Gasteiger partial charge in [-0.05, 0) is 47.1 Å². The summed E-state index contributed by atoms with van der Waals surface area (Å²) in [6.45, 7) is 1.99. The lowest BCUT2D eigenvalue weighted by atomic mass is 10.1. The SMILES string of the molecule is Cc1cc(-n2nnc3ccccc32)c2cccc(Br)c2n1. The minimum Gasteiger partial charge on any atom is -0.252 e. The lowest BCUT2D eigenvalue weighted by molar-refractivity contribution is 0.827. The number of hydrogen-bond donors (Lipinski definition) is 0. The highest BCUT2D eigenvalue weighted by atomic mass is 79.9. The van der Waals surface area contributed by atoms with Gasteiger partial charge in [-0.2, -0.15) is 0 Å². The van der Waals surface area contributed by atoms with Crippen molar-refractivity contribution in [2.24, 2.45) is 0 Å². The van der Waals surface area contributed by atoms with Crippen molar-refractivity contribution in [2.45, 2.75) is 6.92 Å². The van der Waals surface area contributed by atoms with Crippen LogP contribution in [0.2, 0.25) is 0 Å². The normalized spacial score (nSPS) is 11.3. The smallest absolute Gasteiger partial charge is 0.113 e. The average molecular weight is 339 g/mol. The number of benzene rings is 2. The second-order valence-electron chi connectivity index (χ2n) is 4.91. The third kappa shape index (κ3) is 1.93. The Morgan fingerprint density at radius 1 is 1.05 bits per heavy atom. The van der Waals surface area contributed by atoms with Gasteiger partial charge in [0.25, 0.3) is 0 Å². The number of halogens is 1. The average Bonchev–Trinajstić information content (AvgIpc) is 2.91. The van der Waals surface area contributed by atoms with Crippen LogP contribution in [0.5, 0.6) is 0 Å². The van der Waals surface area contributed by atoms with Crippen molar-refractivity contribution in [3.05, 3.63) is 58.7 Å². The van der Waals surface area contributed by atoms with E-state index in [1.165, 1.54) is 0 Å². The molecule has 4 aromatic rings. The number of pyridine rings is 1. The van der Waals surface area contributed by atoms with Crippen molar-refractivity contribution in [3.8, 4) is 5.69 Å². The molecule has 0 fully saturated rings. The number of aryl methyl sites for hydroxylation is 1. The first-order valence-electron chi connectivity index (χ1n) is 6.61. The van der Waals surface area contributed by atoms with Crippen LogP contribution < -0.4 is 0 Å². The summed E-state index contributed by atoms with van der Waals surface area (Å²) >= 11 is 3.57. The molecule has 102 valence electrons. The monoisotopic (exact) mass is 338 g/mol. The zero-order valence-electron chi connectivity index (χ0n) is 11.3. The van der Waals surface area contributed by atoms with E-state index in [4.69, 9.17) is 0 Å². The Balaban J connectivity index is 2.13. The molecular formula is C16H11BrN4. The summed E-state index contributed by atoms with van der Waals surface area (Å²) < 4.78 is 2.85. The molecule has 2 aromatic carbocycles. The van der Waals surface area contributed by atoms with Gasteiger partial charge in [-0.1, -0.05) is 29.5 Å². The largest absolute Gasteiger partial charge is 0.252 e. The van der Waals surface area contributed by atoms with Gasteiger partial charge in [0, 0.05) is 15.6 Å². The van der Waals surface area contributed by atoms with Crippen LogP contribution in [0.1, 0.15) is 5.69 Å². The van der Waals surface area contributed by atoms with Crippen LogP contribution in [0.3, 0.4) is 0 Å². The van der Waals surface area contributed by atoms with Crippen LogP contribution >= 0.6 is 15.9 Å². The molecule has 0 saturated heterocycles. The molecule has 0 atom stereocenters. The predicted octanol–water partition coefficient (Wildman–Crippen LogP) is 4.04. The van der Waals surface area contributed by atoms with Crippen molar-refractivity contribution < 1.29 is 0 Å². The van der Waals surface area contributed by atoms with E-state index in [-0.39, 0.29) is 0 Å². The minimum atomic E-state index is 0.884. The highest BCUT2D eigenvalue weighted by Crippen LogP contribution is 2.28. The molecule has 0 bridgehead atoms. The molecule has 0 radical (unpaired) electrons. The van der Waals surface area contributed by atoms with Gasteiger partial charge in [0.15, 0.2) is 0 Å². The lowest BCUT2D eigenvalue weighted by Gasteiger charge is -2.09. The summed E-state index contributed by atoms with van der Waals surface area (Å²) in [5.41, 5.74) is 4.75. The topological polar surface area (TPSA) is 43.6 Å². The van der Waals surface area contributed by atoms with E-state index in [1.807, 2.05) is 54.1 Å². The maximum Gasteiger partial charge on any atom is 0.113 e. The first-order valence-corrected chi connectivity index (χ1v) is 7.40. The van der Waals surface area contributed by atoms with Gasteiger partial charge in [-0.3, -0.25) is 4.98 Å². The van der Waals surface area contributed by atoms with Crippen LogP contribution in [0.25, 0.3) is 27.6 Å². The van der Waals surface area contributed by atoms with E-state index in [2.05, 4.69) is 37.3 Å². The first kappa shape index (κ1) is 12.5. The molecule has 4 nitrogen and oxygen atoms in total. The zero-order valence-corrected chi connectivity index (χ0v) is 12.9. The number of fused-ring (bicyclic) bond motifs is 2. The van der Waals surface area contributed by atoms with Crippen LogP contribution in [0.4, 0.5) is 0 Å². The summed E-state index contributed by atoms with van der Waals surface area (Å²) in [5.74, 6) is 0. The lowest BCUT2D eigenvalue weighted by Crippen LogP contribution is -2.00. The number of rotatable bonds is 1. The van der Waals surface area contributed by atoms with Gasteiger partial charge < -0.3 is 0 Å². The fourth-order valence-corrected chi connectivity index (χ4v) is 3.00. The highest BCUT2D eigenvalue weighted by Gasteiger charge is 2.12. The van der Waals surface area contributed by atoms with Crippen molar-refractivity contribution in [2.75, 3.05) is 0 Å². The van der Waals surface area contributed by atoms with E-state index < -0.39 is 0 Å². The molecule has 0 saturated carbocycles. The van der Waals surface area contributed by atoms with E-state index >= 15 is 0 Å². The molecular weight excluding hydrogens is 328 g/mol. The van der Waals surface area contributed by atoms with Gasteiger partial charge in [-0.15, -0.1) is 5.10 Å². The maximum absolute atomic E-state index is 4.62. The first-order chi connectivity index (χ1) is 10.2. The Morgan fingerprint density at radius 3 is 2.81 bits per heavy atom. The van der Waals surface area contributed by atoms with Gasteiger partial charge in [0.1, 0.15) is 5.52 Å². The molecule has 2 aromatic heterocycles. The Kier molecular flexibility index (Phi) is 2.75. The third-order valence-corrected chi connectivity index (χ3v) is 4.12. The van der Waals surface area contributed by atoms with E-state index in [1.54, 1.807) is 0 Å². The molecule has 0 spiro atoms. The molecule has 0 unspecified atom stereocenters. The molecule has 5 heteroatoms. The van der Waals surface area contributed by atoms with Crippen molar-refractivity contribution in [3.63, 3.8) is 0 Å². The second kappa shape index (κ2) is 4.63. The number of para-hydroxylation sites is 2. The summed E-state index contributed by atoms with van der Waals surface area (Å²) in [5, 5.41) is 9.59. The van der Waals surface area contributed by atoms with Gasteiger partial charge in [0.05, 0.1) is 16.7 Å².